The van der Waals surface area contributed by atoms with Crippen LogP contribution in [-0.4, -0.2) is 73.8 Å². The Hall–Kier alpha value is -0.779. The smallest absolute Gasteiger partial charge is 1.00 e. The molecule has 0 aromatic heterocycles. The third-order valence-corrected chi connectivity index (χ3v) is 2.95. The number of hydrogen-bond donors (Lipinski definition) is 0. The summed E-state index contributed by atoms with van der Waals surface area (Å²) in [5.41, 5.74) is 2.06. The summed E-state index contributed by atoms with van der Waals surface area (Å²) in [7, 11) is 3.59. The first-order chi connectivity index (χ1) is 9.70. The van der Waals surface area contributed by atoms with Crippen molar-refractivity contribution in [3.8, 4) is 0 Å². The van der Waals surface area contributed by atoms with Crippen LogP contribution in [-0.2, 0) is 4.79 Å². The first kappa shape index (κ1) is 20.2. The molecule has 0 heterocycles. The molecule has 2 aromatic carbocycles. The molecule has 0 unspecified atom stereocenters. The topological polar surface area (TPSA) is 20.3 Å². The van der Waals surface area contributed by atoms with Gasteiger partial charge in [0.15, 0.2) is 0 Å². The van der Waals surface area contributed by atoms with Crippen molar-refractivity contribution < 1.29 is 7.65 Å². The fourth-order valence-electron chi connectivity index (χ4n) is 2.03. The molecule has 0 fully saturated rings. The Morgan fingerprint density at radius 1 is 0.905 bits per heavy atom. The number of likely N-dealkylation sites (N-methyl/N-ethyl adjacent to an activating group) is 1. The molecule has 0 saturated carbocycles. The Morgan fingerprint density at radius 2 is 1.24 bits per heavy atom. The van der Waals surface area contributed by atoms with E-state index < -0.39 is 0 Å². The van der Waals surface area contributed by atoms with E-state index in [-0.39, 0.29) is 63.6 Å². The molecular formula is C18H23BaNO. The monoisotopic (exact) mass is 407 g/mol. The minimum Gasteiger partial charge on any atom is -1.00 e. The number of hydrogen-bond acceptors (Lipinski definition) is 1. The van der Waals surface area contributed by atoms with Gasteiger partial charge < -0.3 is 7.75 Å². The Balaban J connectivity index is -0.000000770. The van der Waals surface area contributed by atoms with Gasteiger partial charge in [-0.25, -0.2) is 0 Å². The summed E-state index contributed by atoms with van der Waals surface area (Å²) < 4.78 is 0. The van der Waals surface area contributed by atoms with Crippen LogP contribution in [0.15, 0.2) is 73.8 Å². The van der Waals surface area contributed by atoms with E-state index in [1.165, 1.54) is 0 Å². The van der Waals surface area contributed by atoms with Crippen molar-refractivity contribution in [2.75, 3.05) is 14.1 Å². The van der Waals surface area contributed by atoms with E-state index in [4.69, 9.17) is 0 Å². The first-order valence-electron chi connectivity index (χ1n) is 6.51. The minimum atomic E-state index is -0.220. The molecule has 1 amide bonds. The molecule has 21 heavy (non-hydrogen) atoms. The molecule has 2 rings (SSSR count). The van der Waals surface area contributed by atoms with Crippen molar-refractivity contribution >= 4 is 54.8 Å². The number of amides is 1. The second-order valence-corrected chi connectivity index (χ2v) is 4.49. The van der Waals surface area contributed by atoms with Crippen LogP contribution in [0, 0.1) is 0 Å². The van der Waals surface area contributed by atoms with E-state index >= 15 is 0 Å². The largest absolute Gasteiger partial charge is 2.00 e. The van der Waals surface area contributed by atoms with Crippen LogP contribution in [0.3, 0.4) is 0 Å². The summed E-state index contributed by atoms with van der Waals surface area (Å²) in [5.74, 6) is -0.116. The standard InChI is InChI=1S/C16H17NO.C2H4.Ba.2H/c1-17(2)16(18)15(13-9-5-3-6-10-13)14-11-7-4-8-12-14;1-2;;;/h3-12,15H,1-2H3;1-2H2;;;/q;;+2;2*-1. The molecule has 3 heteroatoms. The molecule has 2 nitrogen and oxygen atoms in total. The maximum absolute atomic E-state index is 12.4. The molecular weight excluding hydrogens is 384 g/mol. The molecule has 0 aliphatic carbocycles. The molecule has 0 spiro atoms. The normalized spacial score (nSPS) is 9.10. The first-order valence-corrected chi connectivity index (χ1v) is 6.51. The molecule has 0 N–H and O–H groups in total. The molecule has 0 aliphatic heterocycles. The number of carbonyl (C=O) groups is 1. The molecule has 0 radical (unpaired) electrons. The SMILES string of the molecule is C=C.CN(C)C(=O)C(c1ccccc1)c1ccccc1.[Ba+2].[H-].[H-]. The average molecular weight is 407 g/mol. The van der Waals surface area contributed by atoms with Crippen LogP contribution in [0.2, 0.25) is 0 Å². The van der Waals surface area contributed by atoms with Crippen LogP contribution >= 0.6 is 0 Å². The number of rotatable bonds is 3. The second kappa shape index (κ2) is 10.9. The summed E-state index contributed by atoms with van der Waals surface area (Å²) in [6.07, 6.45) is 0. The van der Waals surface area contributed by atoms with E-state index in [9.17, 15) is 4.79 Å². The van der Waals surface area contributed by atoms with Gasteiger partial charge in [0.25, 0.3) is 0 Å². The second-order valence-electron chi connectivity index (χ2n) is 4.49. The van der Waals surface area contributed by atoms with Gasteiger partial charge in [-0.1, -0.05) is 60.7 Å². The van der Waals surface area contributed by atoms with E-state index in [2.05, 4.69) is 13.2 Å². The quantitative estimate of drug-likeness (QED) is 0.564. The predicted octanol–water partition coefficient (Wildman–Crippen LogP) is 3.55. The Morgan fingerprint density at radius 3 is 1.52 bits per heavy atom. The van der Waals surface area contributed by atoms with Crippen LogP contribution in [0.5, 0.6) is 0 Å². The molecule has 2 aromatic rings. The summed E-state index contributed by atoms with van der Waals surface area (Å²) in [6, 6.07) is 19.8. The van der Waals surface area contributed by atoms with Gasteiger partial charge in [-0.05, 0) is 11.1 Å². The van der Waals surface area contributed by atoms with Crippen LogP contribution in [0.4, 0.5) is 0 Å². The summed E-state index contributed by atoms with van der Waals surface area (Å²) >= 11 is 0. The Labute approximate surface area is 170 Å². The Bertz CT molecular complexity index is 496. The zero-order valence-electron chi connectivity index (χ0n) is 14.8. The third kappa shape index (κ3) is 5.85. The van der Waals surface area contributed by atoms with Gasteiger partial charge in [-0.2, -0.15) is 0 Å². The minimum absolute atomic E-state index is 0. The summed E-state index contributed by atoms with van der Waals surface area (Å²) in [4.78, 5) is 14.0. The number of benzene rings is 2. The van der Waals surface area contributed by atoms with Gasteiger partial charge in [0, 0.05) is 14.1 Å². The van der Waals surface area contributed by atoms with Gasteiger partial charge in [0.2, 0.25) is 5.91 Å². The fourth-order valence-corrected chi connectivity index (χ4v) is 2.03. The zero-order chi connectivity index (χ0) is 15.0. The third-order valence-electron chi connectivity index (χ3n) is 2.95. The van der Waals surface area contributed by atoms with Gasteiger partial charge in [-0.15, -0.1) is 13.2 Å². The van der Waals surface area contributed by atoms with Crippen molar-refractivity contribution in [2.45, 2.75) is 5.92 Å². The van der Waals surface area contributed by atoms with E-state index in [0.717, 1.165) is 11.1 Å². The molecule has 108 valence electrons. The molecule has 0 aliphatic rings. The Kier molecular flexibility index (Phi) is 10.5. The van der Waals surface area contributed by atoms with Gasteiger partial charge >= 0.3 is 48.9 Å². The van der Waals surface area contributed by atoms with Gasteiger partial charge in [-0.3, -0.25) is 4.79 Å². The van der Waals surface area contributed by atoms with Crippen molar-refractivity contribution in [1.29, 1.82) is 0 Å². The zero-order valence-corrected chi connectivity index (χ0v) is 17.3. The molecule has 0 saturated heterocycles. The predicted molar refractivity (Wildman–Crippen MR) is 92.7 cm³/mol. The molecule has 0 bridgehead atoms. The van der Waals surface area contributed by atoms with Gasteiger partial charge in [0.05, 0.1) is 5.92 Å². The van der Waals surface area contributed by atoms with Crippen LogP contribution in [0.25, 0.3) is 0 Å². The van der Waals surface area contributed by atoms with Crippen molar-refractivity contribution in [3.05, 3.63) is 84.9 Å². The van der Waals surface area contributed by atoms with Crippen molar-refractivity contribution in [2.24, 2.45) is 0 Å². The van der Waals surface area contributed by atoms with E-state index in [1.54, 1.807) is 19.0 Å². The maximum atomic E-state index is 12.4. The van der Waals surface area contributed by atoms with Crippen LogP contribution < -0.4 is 0 Å². The van der Waals surface area contributed by atoms with E-state index in [0.29, 0.717) is 0 Å². The number of nitrogens with zero attached hydrogens (tertiary/aromatic N) is 1. The van der Waals surface area contributed by atoms with Gasteiger partial charge in [0.1, 0.15) is 0 Å². The number of carbonyl (C=O) groups excluding carboxylic acids is 1. The van der Waals surface area contributed by atoms with Crippen molar-refractivity contribution in [3.63, 3.8) is 0 Å². The summed E-state index contributed by atoms with van der Waals surface area (Å²) in [5, 5.41) is 0. The van der Waals surface area contributed by atoms with E-state index in [1.807, 2.05) is 60.7 Å². The van der Waals surface area contributed by atoms with Crippen molar-refractivity contribution in [1.82, 2.24) is 4.90 Å². The average Bonchev–Trinajstić information content (AvgIpc) is 2.51. The maximum Gasteiger partial charge on any atom is 2.00 e. The molecule has 0 atom stereocenters. The summed E-state index contributed by atoms with van der Waals surface area (Å²) in [6.45, 7) is 6.00. The van der Waals surface area contributed by atoms with Crippen LogP contribution in [0.1, 0.15) is 19.9 Å². The fraction of sp³-hybridized carbons (Fsp3) is 0.167.